The van der Waals surface area contributed by atoms with Gasteiger partial charge < -0.3 is 15.6 Å². The number of aryl methyl sites for hydroxylation is 1. The number of aromatic amines is 1. The Balaban J connectivity index is 1.66. The van der Waals surface area contributed by atoms with Gasteiger partial charge in [-0.2, -0.15) is 0 Å². The van der Waals surface area contributed by atoms with Gasteiger partial charge in [0.05, 0.1) is 6.33 Å². The third-order valence-electron chi connectivity index (χ3n) is 4.77. The smallest absolute Gasteiger partial charge is 0.188 e. The number of halogens is 1. The van der Waals surface area contributed by atoms with E-state index >= 15 is 0 Å². The molecule has 28 heavy (non-hydrogen) atoms. The fraction of sp³-hybridized carbons (Fsp3) is 0.286. The van der Waals surface area contributed by atoms with Crippen molar-refractivity contribution >= 4 is 21.9 Å². The van der Waals surface area contributed by atoms with Crippen molar-refractivity contribution in [3.05, 3.63) is 82.6 Å². The molecule has 4 N–H and O–H groups in total. The molecule has 1 aromatic carbocycles. The maximum Gasteiger partial charge on any atom is 0.188 e. The number of H-pyrrole nitrogens is 1. The summed E-state index contributed by atoms with van der Waals surface area (Å²) in [5.41, 5.74) is 9.19. The molecule has 0 saturated heterocycles. The van der Waals surface area contributed by atoms with E-state index in [2.05, 4.69) is 61.2 Å². The quantitative estimate of drug-likeness (QED) is 0.347. The standard InChI is InChI=1S/C21H25BrN6/c22-17-8-6-16(7-9-17)19(20-5-1-2-11-26-20)10-13-28(21(23)24)12-3-4-18-14-25-15-27-18/h1-2,5-9,11,14-15,19H,3-4,10,12-13H2,(H3,23,24)(H,25,27). The molecular formula is C21H25BrN6. The zero-order valence-electron chi connectivity index (χ0n) is 15.7. The van der Waals surface area contributed by atoms with Crippen LogP contribution in [0.25, 0.3) is 0 Å². The van der Waals surface area contributed by atoms with Crippen LogP contribution in [0.2, 0.25) is 0 Å². The molecule has 0 saturated carbocycles. The summed E-state index contributed by atoms with van der Waals surface area (Å²) in [4.78, 5) is 13.7. The number of nitrogens with zero attached hydrogens (tertiary/aromatic N) is 3. The lowest BCUT2D eigenvalue weighted by Crippen LogP contribution is -2.38. The predicted octanol–water partition coefficient (Wildman–Crippen LogP) is 3.92. The van der Waals surface area contributed by atoms with Gasteiger partial charge in [0.1, 0.15) is 0 Å². The van der Waals surface area contributed by atoms with Crippen LogP contribution in [0.4, 0.5) is 0 Å². The number of nitrogens with one attached hydrogen (secondary N) is 2. The van der Waals surface area contributed by atoms with Crippen LogP contribution in [0.1, 0.15) is 35.7 Å². The monoisotopic (exact) mass is 440 g/mol. The van der Waals surface area contributed by atoms with E-state index in [1.807, 2.05) is 29.4 Å². The summed E-state index contributed by atoms with van der Waals surface area (Å²) in [6.45, 7) is 1.44. The van der Waals surface area contributed by atoms with E-state index in [0.717, 1.165) is 41.7 Å². The van der Waals surface area contributed by atoms with E-state index in [9.17, 15) is 0 Å². The summed E-state index contributed by atoms with van der Waals surface area (Å²) in [5.74, 6) is 0.268. The minimum absolute atomic E-state index is 0.111. The number of pyridine rings is 1. The lowest BCUT2D eigenvalue weighted by atomic mass is 9.92. The first-order valence-electron chi connectivity index (χ1n) is 9.36. The third kappa shape index (κ3) is 5.66. The van der Waals surface area contributed by atoms with Gasteiger partial charge in [0.2, 0.25) is 0 Å². The van der Waals surface area contributed by atoms with Gasteiger partial charge in [0.15, 0.2) is 5.96 Å². The molecule has 2 heterocycles. The topological polar surface area (TPSA) is 94.7 Å². The van der Waals surface area contributed by atoms with E-state index in [-0.39, 0.29) is 11.9 Å². The predicted molar refractivity (Wildman–Crippen MR) is 115 cm³/mol. The molecule has 3 rings (SSSR count). The molecule has 0 amide bonds. The Morgan fingerprint density at radius 1 is 1.18 bits per heavy atom. The number of imidazole rings is 1. The van der Waals surface area contributed by atoms with Crippen molar-refractivity contribution in [2.24, 2.45) is 5.73 Å². The number of aromatic nitrogens is 3. The van der Waals surface area contributed by atoms with Crippen LogP contribution in [0, 0.1) is 5.41 Å². The number of benzene rings is 1. The Hall–Kier alpha value is -2.67. The molecule has 0 aliphatic rings. The van der Waals surface area contributed by atoms with Gasteiger partial charge in [-0.3, -0.25) is 10.4 Å². The highest BCUT2D eigenvalue weighted by atomic mass is 79.9. The van der Waals surface area contributed by atoms with E-state index in [1.54, 1.807) is 6.33 Å². The molecule has 1 atom stereocenters. The first-order valence-corrected chi connectivity index (χ1v) is 10.2. The summed E-state index contributed by atoms with van der Waals surface area (Å²) < 4.78 is 1.06. The molecule has 0 spiro atoms. The summed E-state index contributed by atoms with van der Waals surface area (Å²) in [7, 11) is 0. The second kappa shape index (κ2) is 10.0. The van der Waals surface area contributed by atoms with Crippen molar-refractivity contribution in [2.45, 2.75) is 25.2 Å². The Bertz CT molecular complexity index is 848. The number of nitrogens with two attached hydrogens (primary N) is 1. The Morgan fingerprint density at radius 3 is 2.64 bits per heavy atom. The SMILES string of the molecule is N=C(N)N(CCCc1cnc[nH]1)CCC(c1ccc(Br)cc1)c1ccccn1. The second-order valence-electron chi connectivity index (χ2n) is 6.70. The minimum atomic E-state index is 0.111. The van der Waals surface area contributed by atoms with Crippen molar-refractivity contribution in [2.75, 3.05) is 13.1 Å². The normalized spacial score (nSPS) is 11.9. The first-order chi connectivity index (χ1) is 13.6. The van der Waals surface area contributed by atoms with Crippen molar-refractivity contribution in [3.8, 4) is 0 Å². The average Bonchev–Trinajstić information content (AvgIpc) is 3.22. The molecule has 3 aromatic rings. The van der Waals surface area contributed by atoms with Crippen LogP contribution in [-0.4, -0.2) is 38.9 Å². The summed E-state index contributed by atoms with van der Waals surface area (Å²) in [6, 6.07) is 14.4. The van der Waals surface area contributed by atoms with Crippen LogP contribution in [-0.2, 0) is 6.42 Å². The molecule has 0 aliphatic heterocycles. The zero-order valence-corrected chi connectivity index (χ0v) is 17.3. The van der Waals surface area contributed by atoms with Crippen molar-refractivity contribution < 1.29 is 0 Å². The van der Waals surface area contributed by atoms with Crippen molar-refractivity contribution in [1.82, 2.24) is 19.9 Å². The highest BCUT2D eigenvalue weighted by Crippen LogP contribution is 2.28. The van der Waals surface area contributed by atoms with Crippen LogP contribution < -0.4 is 5.73 Å². The van der Waals surface area contributed by atoms with E-state index in [4.69, 9.17) is 11.1 Å². The van der Waals surface area contributed by atoms with E-state index in [1.165, 1.54) is 5.56 Å². The molecule has 0 radical (unpaired) electrons. The van der Waals surface area contributed by atoms with Gasteiger partial charge in [-0.1, -0.05) is 34.1 Å². The number of guanidine groups is 1. The van der Waals surface area contributed by atoms with Crippen molar-refractivity contribution in [1.29, 1.82) is 5.41 Å². The minimum Gasteiger partial charge on any atom is -0.370 e. The fourth-order valence-electron chi connectivity index (χ4n) is 3.28. The van der Waals surface area contributed by atoms with Crippen LogP contribution in [0.3, 0.4) is 0 Å². The maximum atomic E-state index is 7.95. The van der Waals surface area contributed by atoms with Gasteiger partial charge in [0, 0.05) is 47.3 Å². The highest BCUT2D eigenvalue weighted by molar-refractivity contribution is 9.10. The van der Waals surface area contributed by atoms with Gasteiger partial charge in [0.25, 0.3) is 0 Å². The lowest BCUT2D eigenvalue weighted by molar-refractivity contribution is 0.386. The molecular weight excluding hydrogens is 416 g/mol. The molecule has 0 fully saturated rings. The van der Waals surface area contributed by atoms with E-state index < -0.39 is 0 Å². The molecule has 1 unspecified atom stereocenters. The number of hydrogen-bond donors (Lipinski definition) is 3. The maximum absolute atomic E-state index is 7.95. The van der Waals surface area contributed by atoms with Crippen molar-refractivity contribution in [3.63, 3.8) is 0 Å². The highest BCUT2D eigenvalue weighted by Gasteiger charge is 2.18. The number of hydrogen-bond acceptors (Lipinski definition) is 3. The van der Waals surface area contributed by atoms with Gasteiger partial charge in [-0.25, -0.2) is 4.98 Å². The van der Waals surface area contributed by atoms with Crippen LogP contribution in [0.5, 0.6) is 0 Å². The molecule has 146 valence electrons. The summed E-state index contributed by atoms with van der Waals surface area (Å²) in [6.07, 6.45) is 7.99. The summed E-state index contributed by atoms with van der Waals surface area (Å²) in [5, 5.41) is 7.95. The van der Waals surface area contributed by atoms with Crippen LogP contribution in [0.15, 0.2) is 65.7 Å². The molecule has 0 aliphatic carbocycles. The van der Waals surface area contributed by atoms with E-state index in [0.29, 0.717) is 6.54 Å². The number of rotatable bonds is 9. The zero-order chi connectivity index (χ0) is 19.8. The lowest BCUT2D eigenvalue weighted by Gasteiger charge is -2.25. The van der Waals surface area contributed by atoms with Gasteiger partial charge in [-0.15, -0.1) is 0 Å². The first kappa shape index (κ1) is 20.1. The van der Waals surface area contributed by atoms with Gasteiger partial charge >= 0.3 is 0 Å². The second-order valence-corrected chi connectivity index (χ2v) is 7.62. The largest absolute Gasteiger partial charge is 0.370 e. The molecule has 6 nitrogen and oxygen atoms in total. The van der Waals surface area contributed by atoms with Crippen LogP contribution >= 0.6 is 15.9 Å². The Morgan fingerprint density at radius 2 is 2.00 bits per heavy atom. The summed E-state index contributed by atoms with van der Waals surface area (Å²) >= 11 is 3.50. The molecule has 0 bridgehead atoms. The molecule has 7 heteroatoms. The average molecular weight is 441 g/mol. The van der Waals surface area contributed by atoms with Gasteiger partial charge in [-0.05, 0) is 49.1 Å². The Labute approximate surface area is 173 Å². The molecule has 2 aromatic heterocycles. The Kier molecular flexibility index (Phi) is 7.19. The third-order valence-corrected chi connectivity index (χ3v) is 5.30. The fourth-order valence-corrected chi connectivity index (χ4v) is 3.55.